The molecule has 10 nitrogen and oxygen atoms in total. The number of rotatable bonds is 9. The topological polar surface area (TPSA) is 125 Å². The van der Waals surface area contributed by atoms with Crippen molar-refractivity contribution in [3.63, 3.8) is 0 Å². The van der Waals surface area contributed by atoms with Gasteiger partial charge in [-0.2, -0.15) is 5.10 Å². The first-order valence-electron chi connectivity index (χ1n) is 9.41. The van der Waals surface area contributed by atoms with E-state index in [0.29, 0.717) is 27.9 Å². The number of carbonyl (C=O) groups is 1. The van der Waals surface area contributed by atoms with Crippen LogP contribution in [0, 0.1) is 10.1 Å². The molecule has 0 aliphatic carbocycles. The summed E-state index contributed by atoms with van der Waals surface area (Å²) >= 11 is 1.08. The zero-order valence-electron chi connectivity index (χ0n) is 17.5. The van der Waals surface area contributed by atoms with E-state index in [1.165, 1.54) is 26.5 Å². The molecule has 0 amide bonds. The Labute approximate surface area is 187 Å². The number of carbonyl (C=O) groups excluding carboxylic acids is 1. The molecule has 3 rings (SSSR count). The van der Waals surface area contributed by atoms with E-state index >= 15 is 0 Å². The van der Waals surface area contributed by atoms with E-state index < -0.39 is 10.9 Å². The molecule has 166 valence electrons. The van der Waals surface area contributed by atoms with Gasteiger partial charge in [0.1, 0.15) is 4.88 Å². The van der Waals surface area contributed by atoms with Crippen molar-refractivity contribution >= 4 is 34.3 Å². The van der Waals surface area contributed by atoms with Crippen molar-refractivity contribution in [2.45, 2.75) is 6.92 Å². The Morgan fingerprint density at radius 1 is 1.28 bits per heavy atom. The van der Waals surface area contributed by atoms with Crippen molar-refractivity contribution in [2.75, 3.05) is 26.3 Å². The maximum atomic E-state index is 12.2. The van der Waals surface area contributed by atoms with Gasteiger partial charge in [-0.15, -0.1) is 0 Å². The van der Waals surface area contributed by atoms with Gasteiger partial charge < -0.3 is 14.2 Å². The maximum absolute atomic E-state index is 12.2. The highest BCUT2D eigenvalue weighted by atomic mass is 32.1. The van der Waals surface area contributed by atoms with Crippen molar-refractivity contribution in [1.29, 1.82) is 0 Å². The Morgan fingerprint density at radius 2 is 2.03 bits per heavy atom. The minimum Gasteiger partial charge on any atom is -0.490 e. The van der Waals surface area contributed by atoms with Gasteiger partial charge in [0.2, 0.25) is 10.9 Å². The van der Waals surface area contributed by atoms with Gasteiger partial charge >= 0.3 is 11.7 Å². The van der Waals surface area contributed by atoms with Crippen LogP contribution in [-0.2, 0) is 4.74 Å². The number of methoxy groups -OCH3 is 2. The molecule has 0 spiro atoms. The summed E-state index contributed by atoms with van der Waals surface area (Å²) in [5.41, 5.74) is 4.16. The van der Waals surface area contributed by atoms with Gasteiger partial charge in [-0.1, -0.05) is 41.7 Å². The third kappa shape index (κ3) is 5.01. The quantitative estimate of drug-likeness (QED) is 0.218. The fourth-order valence-electron chi connectivity index (χ4n) is 2.84. The van der Waals surface area contributed by atoms with Gasteiger partial charge in [-0.05, 0) is 13.0 Å². The van der Waals surface area contributed by atoms with E-state index in [1.54, 1.807) is 13.0 Å². The Hall–Kier alpha value is -3.99. The summed E-state index contributed by atoms with van der Waals surface area (Å²) in [4.78, 5) is 27.8. The Bertz CT molecular complexity index is 1150. The molecule has 0 fully saturated rings. The van der Waals surface area contributed by atoms with Crippen LogP contribution in [0.4, 0.5) is 10.8 Å². The number of hydrazone groups is 1. The van der Waals surface area contributed by atoms with Crippen LogP contribution in [0.15, 0.2) is 47.6 Å². The molecule has 0 aliphatic rings. The number of hydrogen-bond acceptors (Lipinski definition) is 10. The molecule has 0 atom stereocenters. The zero-order chi connectivity index (χ0) is 23.1. The van der Waals surface area contributed by atoms with Crippen LogP contribution in [0.3, 0.4) is 0 Å². The number of hydrogen-bond donors (Lipinski definition) is 1. The summed E-state index contributed by atoms with van der Waals surface area (Å²) in [5.74, 6) is -0.234. The molecule has 2 aromatic carbocycles. The first-order chi connectivity index (χ1) is 15.5. The molecule has 0 saturated carbocycles. The molecule has 11 heteroatoms. The molecule has 0 saturated heterocycles. The number of nitrogens with zero attached hydrogens (tertiary/aromatic N) is 3. The highest BCUT2D eigenvalue weighted by molar-refractivity contribution is 7.17. The van der Waals surface area contributed by atoms with Crippen molar-refractivity contribution in [3.8, 4) is 22.8 Å². The largest absolute Gasteiger partial charge is 0.490 e. The first kappa shape index (κ1) is 22.7. The lowest BCUT2D eigenvalue weighted by atomic mass is 10.1. The molecule has 0 unspecified atom stereocenters. The highest BCUT2D eigenvalue weighted by Gasteiger charge is 2.22. The van der Waals surface area contributed by atoms with E-state index in [1.807, 2.05) is 30.3 Å². The van der Waals surface area contributed by atoms with Gasteiger partial charge in [0.15, 0.2) is 5.75 Å². The van der Waals surface area contributed by atoms with E-state index in [4.69, 9.17) is 14.2 Å². The summed E-state index contributed by atoms with van der Waals surface area (Å²) in [6.07, 6.45) is 1.39. The smallest absolute Gasteiger partial charge is 0.350 e. The highest BCUT2D eigenvalue weighted by Crippen LogP contribution is 2.38. The van der Waals surface area contributed by atoms with Crippen LogP contribution in [-0.4, -0.2) is 42.9 Å². The number of thiazole rings is 1. The van der Waals surface area contributed by atoms with Crippen LogP contribution in [0.5, 0.6) is 11.5 Å². The van der Waals surface area contributed by atoms with Crippen molar-refractivity contribution in [2.24, 2.45) is 5.10 Å². The minimum absolute atomic E-state index is 0.0390. The van der Waals surface area contributed by atoms with E-state index in [0.717, 1.165) is 16.9 Å². The van der Waals surface area contributed by atoms with Crippen molar-refractivity contribution in [3.05, 3.63) is 63.0 Å². The number of nitrogens with one attached hydrogen (secondary N) is 1. The third-order valence-corrected chi connectivity index (χ3v) is 5.12. The SMILES string of the molecule is CCOc1cc(/C=N\Nc2nc(-c3ccccc3)c(C(=O)OC)s2)cc([N+](=O)[O-])c1OC. The van der Waals surface area contributed by atoms with Crippen LogP contribution in [0.25, 0.3) is 11.3 Å². The zero-order valence-corrected chi connectivity index (χ0v) is 18.3. The normalized spacial score (nSPS) is 10.7. The lowest BCUT2D eigenvalue weighted by molar-refractivity contribution is -0.385. The van der Waals surface area contributed by atoms with Gasteiger partial charge in [0.05, 0.1) is 37.7 Å². The predicted molar refractivity (Wildman–Crippen MR) is 121 cm³/mol. The number of benzene rings is 2. The maximum Gasteiger partial charge on any atom is 0.350 e. The van der Waals surface area contributed by atoms with Crippen LogP contribution in [0.2, 0.25) is 0 Å². The molecule has 0 radical (unpaired) electrons. The summed E-state index contributed by atoms with van der Waals surface area (Å²) in [6, 6.07) is 12.1. The van der Waals surface area contributed by atoms with Crippen LogP contribution >= 0.6 is 11.3 Å². The van der Waals surface area contributed by atoms with E-state index in [-0.39, 0.29) is 17.2 Å². The number of nitro groups is 1. The summed E-state index contributed by atoms with van der Waals surface area (Å²) in [7, 11) is 2.64. The average Bonchev–Trinajstić information content (AvgIpc) is 3.23. The monoisotopic (exact) mass is 456 g/mol. The van der Waals surface area contributed by atoms with E-state index in [9.17, 15) is 14.9 Å². The summed E-state index contributed by atoms with van der Waals surface area (Å²) in [5, 5.41) is 15.9. The third-order valence-electron chi connectivity index (χ3n) is 4.18. The summed E-state index contributed by atoms with van der Waals surface area (Å²) in [6.45, 7) is 2.07. The van der Waals surface area contributed by atoms with E-state index in [2.05, 4.69) is 15.5 Å². The molecular weight excluding hydrogens is 436 g/mol. The van der Waals surface area contributed by atoms with Gasteiger partial charge in [0.25, 0.3) is 0 Å². The van der Waals surface area contributed by atoms with Crippen LogP contribution < -0.4 is 14.9 Å². The molecule has 32 heavy (non-hydrogen) atoms. The van der Waals surface area contributed by atoms with Gasteiger partial charge in [-0.25, -0.2) is 9.78 Å². The van der Waals surface area contributed by atoms with Gasteiger partial charge in [-0.3, -0.25) is 15.5 Å². The predicted octanol–water partition coefficient (Wildman–Crippen LogP) is 4.36. The fourth-order valence-corrected chi connectivity index (χ4v) is 3.69. The standard InChI is InChI=1S/C21H20N4O6S/c1-4-31-16-11-13(10-15(25(27)28)18(16)29-2)12-22-24-21-23-17(14-8-6-5-7-9-14)19(32-21)20(26)30-3/h5-12H,4H2,1-3H3,(H,23,24)/b22-12-. The molecule has 0 aliphatic heterocycles. The number of nitro benzene ring substituents is 1. The fraction of sp³-hybridized carbons (Fsp3) is 0.190. The molecule has 1 aromatic heterocycles. The van der Waals surface area contributed by atoms with Crippen molar-refractivity contribution in [1.82, 2.24) is 4.98 Å². The van der Waals surface area contributed by atoms with Crippen molar-refractivity contribution < 1.29 is 23.9 Å². The molecule has 1 heterocycles. The summed E-state index contributed by atoms with van der Waals surface area (Å²) < 4.78 is 15.4. The number of ether oxygens (including phenoxy) is 3. The molecular formula is C21H20N4O6S. The molecule has 0 bridgehead atoms. The average molecular weight is 456 g/mol. The molecule has 3 aromatic rings. The number of anilines is 1. The van der Waals surface area contributed by atoms with Gasteiger partial charge in [0, 0.05) is 17.2 Å². The second kappa shape index (κ2) is 10.4. The molecule has 1 N–H and O–H groups in total. The second-order valence-electron chi connectivity index (χ2n) is 6.19. The first-order valence-corrected chi connectivity index (χ1v) is 10.2. The Kier molecular flexibility index (Phi) is 7.34. The Balaban J connectivity index is 1.90. The number of aromatic nitrogens is 1. The Morgan fingerprint density at radius 3 is 2.66 bits per heavy atom. The lowest BCUT2D eigenvalue weighted by Crippen LogP contribution is -2.01. The second-order valence-corrected chi connectivity index (χ2v) is 7.18. The lowest BCUT2D eigenvalue weighted by Gasteiger charge is -2.10. The minimum atomic E-state index is -0.554. The van der Waals surface area contributed by atoms with Crippen LogP contribution in [0.1, 0.15) is 22.2 Å². The number of esters is 1.